The van der Waals surface area contributed by atoms with Gasteiger partial charge in [0.15, 0.2) is 0 Å². The largest absolute Gasteiger partial charge is 0.416 e. The summed E-state index contributed by atoms with van der Waals surface area (Å²) in [6, 6.07) is 4.57. The molecule has 34 heavy (non-hydrogen) atoms. The van der Waals surface area contributed by atoms with E-state index in [2.05, 4.69) is 12.2 Å². The van der Waals surface area contributed by atoms with Gasteiger partial charge in [0, 0.05) is 25.3 Å². The third kappa shape index (κ3) is 10.3. The quantitative estimate of drug-likeness (QED) is 0.277. The fourth-order valence-corrected chi connectivity index (χ4v) is 4.53. The molecule has 0 aromatic heterocycles. The van der Waals surface area contributed by atoms with Crippen LogP contribution in [0.25, 0.3) is 0 Å². The van der Waals surface area contributed by atoms with Gasteiger partial charge in [-0.1, -0.05) is 39.0 Å². The number of rotatable bonds is 15. The van der Waals surface area contributed by atoms with Crippen LogP contribution in [-0.4, -0.2) is 49.7 Å². The number of halogens is 3. The minimum atomic E-state index is -4.39. The van der Waals surface area contributed by atoms with E-state index >= 15 is 0 Å². The number of unbranched alkanes of at least 4 members (excludes halogenated alkanes) is 6. The molecule has 1 fully saturated rings. The summed E-state index contributed by atoms with van der Waals surface area (Å²) in [5, 5.41) is 3.52. The second kappa shape index (κ2) is 15.4. The van der Waals surface area contributed by atoms with Crippen molar-refractivity contribution in [2.75, 3.05) is 26.7 Å². The SMILES string of the molecule is CCCCCCNCCCCCCO[C@H]1CC[C@H](N(C)C(=O)c2ccc(C(F)(F)F)cc2)CC1. The van der Waals surface area contributed by atoms with E-state index in [4.69, 9.17) is 4.74 Å². The number of nitrogens with zero attached hydrogens (tertiary/aromatic N) is 1. The lowest BCUT2D eigenvalue weighted by Crippen LogP contribution is -2.40. The molecule has 2 rings (SSSR count). The van der Waals surface area contributed by atoms with Gasteiger partial charge in [0.2, 0.25) is 0 Å². The Hall–Kier alpha value is -1.60. The zero-order chi connectivity index (χ0) is 24.8. The number of hydrogen-bond acceptors (Lipinski definition) is 3. The highest BCUT2D eigenvalue weighted by molar-refractivity contribution is 5.94. The first kappa shape index (κ1) is 28.6. The Bertz CT molecular complexity index is 686. The molecule has 1 aliphatic carbocycles. The van der Waals surface area contributed by atoms with Crippen LogP contribution in [-0.2, 0) is 10.9 Å². The molecule has 1 aromatic carbocycles. The van der Waals surface area contributed by atoms with Crippen LogP contribution < -0.4 is 5.32 Å². The molecule has 194 valence electrons. The molecule has 7 heteroatoms. The van der Waals surface area contributed by atoms with Crippen molar-refractivity contribution in [3.63, 3.8) is 0 Å². The van der Waals surface area contributed by atoms with Crippen molar-refractivity contribution in [2.45, 2.75) is 102 Å². The monoisotopic (exact) mass is 484 g/mol. The second-order valence-corrected chi connectivity index (χ2v) is 9.52. The number of ether oxygens (including phenoxy) is 1. The van der Waals surface area contributed by atoms with Crippen molar-refractivity contribution in [3.8, 4) is 0 Å². The molecule has 0 bridgehead atoms. The van der Waals surface area contributed by atoms with Gasteiger partial charge in [-0.25, -0.2) is 0 Å². The van der Waals surface area contributed by atoms with E-state index in [1.54, 1.807) is 11.9 Å². The number of carbonyl (C=O) groups excluding carboxylic acids is 1. The fourth-order valence-electron chi connectivity index (χ4n) is 4.53. The zero-order valence-corrected chi connectivity index (χ0v) is 21.0. The standard InChI is InChI=1S/C27H43F3N2O2/c1-3-4-5-8-19-31-20-9-6-7-10-21-34-25-17-15-24(16-18-25)32(2)26(33)22-11-13-23(14-12-22)27(28,29)30/h11-14,24-25,31H,3-10,15-21H2,1-2H3/t24-,25-. The molecular weight excluding hydrogens is 441 g/mol. The maximum absolute atomic E-state index is 12.7. The van der Waals surface area contributed by atoms with E-state index in [0.717, 1.165) is 63.9 Å². The summed E-state index contributed by atoms with van der Waals surface area (Å²) < 4.78 is 44.3. The van der Waals surface area contributed by atoms with E-state index < -0.39 is 11.7 Å². The summed E-state index contributed by atoms with van der Waals surface area (Å²) in [4.78, 5) is 14.4. The minimum absolute atomic E-state index is 0.101. The highest BCUT2D eigenvalue weighted by Crippen LogP contribution is 2.30. The van der Waals surface area contributed by atoms with Crippen molar-refractivity contribution in [1.29, 1.82) is 0 Å². The third-order valence-corrected chi connectivity index (χ3v) is 6.78. The summed E-state index contributed by atoms with van der Waals surface area (Å²) in [5.74, 6) is -0.228. The van der Waals surface area contributed by atoms with Gasteiger partial charge >= 0.3 is 6.18 Å². The van der Waals surface area contributed by atoms with Gasteiger partial charge in [0.05, 0.1) is 11.7 Å². The Morgan fingerprint density at radius 1 is 0.941 bits per heavy atom. The van der Waals surface area contributed by atoms with Crippen molar-refractivity contribution >= 4 is 5.91 Å². The van der Waals surface area contributed by atoms with E-state index in [0.29, 0.717) is 5.56 Å². The van der Waals surface area contributed by atoms with Crippen molar-refractivity contribution in [1.82, 2.24) is 10.2 Å². The van der Waals surface area contributed by atoms with Crippen LogP contribution in [0.2, 0.25) is 0 Å². The first-order valence-corrected chi connectivity index (χ1v) is 13.1. The maximum Gasteiger partial charge on any atom is 0.416 e. The molecule has 0 atom stereocenters. The van der Waals surface area contributed by atoms with Crippen LogP contribution in [0.4, 0.5) is 13.2 Å². The Labute approximate surface area is 203 Å². The van der Waals surface area contributed by atoms with Gasteiger partial charge in [-0.2, -0.15) is 13.2 Å². The number of carbonyl (C=O) groups is 1. The zero-order valence-electron chi connectivity index (χ0n) is 21.0. The summed E-state index contributed by atoms with van der Waals surface area (Å²) in [6.45, 7) is 5.27. The third-order valence-electron chi connectivity index (χ3n) is 6.78. The molecule has 0 radical (unpaired) electrons. The summed E-state index contributed by atoms with van der Waals surface area (Å²) in [6.07, 6.45) is 9.35. The summed E-state index contributed by atoms with van der Waals surface area (Å²) >= 11 is 0. The number of alkyl halides is 3. The average molecular weight is 485 g/mol. The van der Waals surface area contributed by atoms with Crippen LogP contribution in [0.1, 0.15) is 99.9 Å². The van der Waals surface area contributed by atoms with Gasteiger partial charge in [-0.05, 0) is 82.3 Å². The van der Waals surface area contributed by atoms with E-state index in [-0.39, 0.29) is 18.1 Å². The Morgan fingerprint density at radius 3 is 2.12 bits per heavy atom. The van der Waals surface area contributed by atoms with Crippen molar-refractivity contribution in [3.05, 3.63) is 35.4 Å². The molecular formula is C27H43F3N2O2. The lowest BCUT2D eigenvalue weighted by Gasteiger charge is -2.34. The molecule has 1 aliphatic rings. The second-order valence-electron chi connectivity index (χ2n) is 9.52. The Morgan fingerprint density at radius 2 is 1.53 bits per heavy atom. The molecule has 0 heterocycles. The highest BCUT2D eigenvalue weighted by atomic mass is 19.4. The van der Waals surface area contributed by atoms with E-state index in [1.165, 1.54) is 57.1 Å². The predicted molar refractivity (Wildman–Crippen MR) is 131 cm³/mol. The van der Waals surface area contributed by atoms with Crippen molar-refractivity contribution < 1.29 is 22.7 Å². The van der Waals surface area contributed by atoms with Gasteiger partial charge in [0.1, 0.15) is 0 Å². The number of amides is 1. The normalized spacial score (nSPS) is 18.7. The number of hydrogen-bond donors (Lipinski definition) is 1. The highest BCUT2D eigenvalue weighted by Gasteiger charge is 2.31. The lowest BCUT2D eigenvalue weighted by molar-refractivity contribution is -0.137. The van der Waals surface area contributed by atoms with E-state index in [9.17, 15) is 18.0 Å². The molecule has 1 aromatic rings. The summed E-state index contributed by atoms with van der Waals surface area (Å²) in [7, 11) is 1.74. The van der Waals surface area contributed by atoms with Gasteiger partial charge in [-0.15, -0.1) is 0 Å². The maximum atomic E-state index is 12.7. The first-order valence-electron chi connectivity index (χ1n) is 13.1. The molecule has 0 saturated heterocycles. The van der Waals surface area contributed by atoms with Crippen LogP contribution >= 0.6 is 0 Å². The van der Waals surface area contributed by atoms with Crippen LogP contribution in [0.3, 0.4) is 0 Å². The average Bonchev–Trinajstić information content (AvgIpc) is 2.83. The molecule has 0 spiro atoms. The lowest BCUT2D eigenvalue weighted by atomic mass is 9.91. The number of benzene rings is 1. The van der Waals surface area contributed by atoms with Crippen LogP contribution in [0.15, 0.2) is 24.3 Å². The van der Waals surface area contributed by atoms with Gasteiger partial charge < -0.3 is 15.0 Å². The molecule has 1 N–H and O–H groups in total. The van der Waals surface area contributed by atoms with Crippen molar-refractivity contribution in [2.24, 2.45) is 0 Å². The first-order chi connectivity index (χ1) is 16.3. The topological polar surface area (TPSA) is 41.6 Å². The fraction of sp³-hybridized carbons (Fsp3) is 0.741. The van der Waals surface area contributed by atoms with Crippen LogP contribution in [0.5, 0.6) is 0 Å². The van der Waals surface area contributed by atoms with E-state index in [1.807, 2.05) is 0 Å². The molecule has 0 aliphatic heterocycles. The Kier molecular flexibility index (Phi) is 13.0. The summed E-state index contributed by atoms with van der Waals surface area (Å²) in [5.41, 5.74) is -0.445. The molecule has 4 nitrogen and oxygen atoms in total. The predicted octanol–water partition coefficient (Wildman–Crippen LogP) is 6.84. The smallest absolute Gasteiger partial charge is 0.378 e. The van der Waals surface area contributed by atoms with Crippen LogP contribution in [0, 0.1) is 0 Å². The van der Waals surface area contributed by atoms with Gasteiger partial charge in [0.25, 0.3) is 5.91 Å². The molecule has 1 amide bonds. The number of nitrogens with one attached hydrogen (secondary N) is 1. The van der Waals surface area contributed by atoms with Gasteiger partial charge in [-0.3, -0.25) is 4.79 Å². The minimum Gasteiger partial charge on any atom is -0.378 e. The molecule has 0 unspecified atom stereocenters. The Balaban J connectivity index is 1.54. The molecule has 1 saturated carbocycles.